The van der Waals surface area contributed by atoms with Crippen LogP contribution in [0, 0.1) is 0 Å². The molecule has 1 fully saturated rings. The van der Waals surface area contributed by atoms with E-state index in [-0.39, 0.29) is 11.4 Å². The number of esters is 1. The van der Waals surface area contributed by atoms with Crippen LogP contribution in [0.4, 0.5) is 0 Å². The van der Waals surface area contributed by atoms with E-state index in [2.05, 4.69) is 10.5 Å². The van der Waals surface area contributed by atoms with Crippen molar-refractivity contribution in [3.63, 3.8) is 0 Å². The van der Waals surface area contributed by atoms with Gasteiger partial charge in [0.25, 0.3) is 0 Å². The normalized spacial score (nSPS) is 13.9. The molecule has 1 saturated carbocycles. The van der Waals surface area contributed by atoms with E-state index in [9.17, 15) is 4.79 Å². The van der Waals surface area contributed by atoms with Crippen LogP contribution in [-0.2, 0) is 10.2 Å². The van der Waals surface area contributed by atoms with Crippen molar-refractivity contribution in [2.45, 2.75) is 32.1 Å². The first kappa shape index (κ1) is 17.7. The summed E-state index contributed by atoms with van der Waals surface area (Å²) in [4.78, 5) is 11.2. The van der Waals surface area contributed by atoms with E-state index in [1.54, 1.807) is 12.1 Å². The number of nitrogens with two attached hydrogens (primary N) is 1. The fraction of sp³-hybridized carbons (Fsp3) is 0.467. The zero-order chi connectivity index (χ0) is 14.9. The van der Waals surface area contributed by atoms with Gasteiger partial charge in [-0.05, 0) is 43.0 Å². The molecule has 0 radical (unpaired) electrons. The van der Waals surface area contributed by atoms with Gasteiger partial charge in [-0.25, -0.2) is 4.79 Å². The van der Waals surface area contributed by atoms with Gasteiger partial charge in [-0.3, -0.25) is 0 Å². The van der Waals surface area contributed by atoms with Crippen LogP contribution in [-0.4, -0.2) is 25.5 Å². The summed E-state index contributed by atoms with van der Waals surface area (Å²) in [7, 11) is 2.88. The first-order chi connectivity index (χ1) is 9.22. The van der Waals surface area contributed by atoms with E-state index in [1.165, 1.54) is 19.7 Å². The Morgan fingerprint density at radius 3 is 2.05 bits per heavy atom. The van der Waals surface area contributed by atoms with Crippen molar-refractivity contribution in [3.8, 4) is 0 Å². The summed E-state index contributed by atoms with van der Waals surface area (Å²) in [5, 5.41) is 1.83. The quantitative estimate of drug-likeness (QED) is 0.683. The van der Waals surface area contributed by atoms with Gasteiger partial charge in [0.1, 0.15) is 0 Å². The summed E-state index contributed by atoms with van der Waals surface area (Å²) < 4.78 is 4.64. The molecule has 106 valence electrons. The van der Waals surface area contributed by atoms with E-state index in [4.69, 9.17) is 12.2 Å². The molecule has 2 rings (SSSR count). The largest absolute Gasteiger partial charge is 0.465 e. The second kappa shape index (κ2) is 8.77. The van der Waals surface area contributed by atoms with E-state index < -0.39 is 0 Å². The lowest BCUT2D eigenvalue weighted by molar-refractivity contribution is 0.0600. The van der Waals surface area contributed by atoms with Gasteiger partial charge in [0, 0.05) is 5.41 Å². The smallest absolute Gasteiger partial charge is 0.337 e. The zero-order valence-electron chi connectivity index (χ0n) is 12.1. The van der Waals surface area contributed by atoms with Crippen molar-refractivity contribution in [1.29, 1.82) is 0 Å². The number of carbonyl (C=O) groups is 1. The molecular weight excluding hydrogens is 258 g/mol. The third-order valence-electron chi connectivity index (χ3n) is 2.90. The Labute approximate surface area is 121 Å². The number of rotatable bonds is 3. The molecule has 0 unspecified atom stereocenters. The van der Waals surface area contributed by atoms with E-state index in [1.807, 2.05) is 31.3 Å². The monoisotopic (exact) mass is 281 g/mol. The van der Waals surface area contributed by atoms with Gasteiger partial charge in [-0.15, -0.1) is 0 Å². The highest BCUT2D eigenvalue weighted by molar-refractivity contribution is 7.79. The number of methoxy groups -OCH3 is 1. The highest BCUT2D eigenvalue weighted by Gasteiger charge is 2.41. The van der Waals surface area contributed by atoms with Crippen molar-refractivity contribution in [1.82, 2.24) is 0 Å². The van der Waals surface area contributed by atoms with Gasteiger partial charge in [-0.1, -0.05) is 38.2 Å². The summed E-state index contributed by atoms with van der Waals surface area (Å²) in [6.45, 7) is 4.00. The third-order valence-corrected chi connectivity index (χ3v) is 3.35. The van der Waals surface area contributed by atoms with Gasteiger partial charge in [0.15, 0.2) is 0 Å². The Morgan fingerprint density at radius 1 is 1.26 bits per heavy atom. The fourth-order valence-electron chi connectivity index (χ4n) is 1.67. The molecular formula is C15H23NO2S. The Hall–Kier alpha value is -1.26. The van der Waals surface area contributed by atoms with Crippen molar-refractivity contribution in [3.05, 3.63) is 35.4 Å². The van der Waals surface area contributed by atoms with Crippen LogP contribution in [0.1, 0.15) is 42.6 Å². The molecule has 0 bridgehead atoms. The standard InChI is InChI=1S/C12H12O2S.C2H6.CH5N/c1-14-11(13)9-2-4-10(5-3-9)12(8-15)6-7-12;2*1-2/h2-5,8H,6-7H2,1H3;1-2H3;2H2,1H3. The van der Waals surface area contributed by atoms with Crippen LogP contribution in [0.2, 0.25) is 0 Å². The van der Waals surface area contributed by atoms with Crippen molar-refractivity contribution < 1.29 is 9.53 Å². The summed E-state index contributed by atoms with van der Waals surface area (Å²) in [5.74, 6) is -0.297. The van der Waals surface area contributed by atoms with Crippen molar-refractivity contribution in [2.24, 2.45) is 5.73 Å². The Bertz CT molecular complexity index is 397. The van der Waals surface area contributed by atoms with Gasteiger partial charge < -0.3 is 10.5 Å². The van der Waals surface area contributed by atoms with Gasteiger partial charge >= 0.3 is 5.97 Å². The number of hydrogen-bond acceptors (Lipinski definition) is 4. The maximum absolute atomic E-state index is 11.2. The highest BCUT2D eigenvalue weighted by Crippen LogP contribution is 2.46. The third kappa shape index (κ3) is 4.40. The molecule has 1 aromatic rings. The first-order valence-corrected chi connectivity index (χ1v) is 6.92. The summed E-state index contributed by atoms with van der Waals surface area (Å²) in [5.41, 5.74) is 6.39. The topological polar surface area (TPSA) is 52.3 Å². The van der Waals surface area contributed by atoms with Crippen LogP contribution >= 0.6 is 12.2 Å². The molecule has 0 saturated heterocycles. The Morgan fingerprint density at radius 2 is 1.74 bits per heavy atom. The Kier molecular flexibility index (Phi) is 8.19. The highest BCUT2D eigenvalue weighted by atomic mass is 32.1. The number of thiocarbonyl (C=S) groups is 1. The summed E-state index contributed by atoms with van der Waals surface area (Å²) in [6.07, 6.45) is 2.24. The lowest BCUT2D eigenvalue weighted by Gasteiger charge is -2.09. The molecule has 3 nitrogen and oxygen atoms in total. The van der Waals surface area contributed by atoms with Crippen LogP contribution in [0.15, 0.2) is 24.3 Å². The van der Waals surface area contributed by atoms with Crippen LogP contribution in [0.5, 0.6) is 0 Å². The predicted octanol–water partition coefficient (Wildman–Crippen LogP) is 3.11. The number of ether oxygens (including phenoxy) is 1. The molecule has 0 spiro atoms. The molecule has 0 amide bonds. The van der Waals surface area contributed by atoms with Crippen molar-refractivity contribution in [2.75, 3.05) is 14.2 Å². The second-order valence-electron chi connectivity index (χ2n) is 3.84. The molecule has 1 aromatic carbocycles. The molecule has 19 heavy (non-hydrogen) atoms. The number of benzene rings is 1. The maximum atomic E-state index is 11.2. The molecule has 2 N–H and O–H groups in total. The van der Waals surface area contributed by atoms with Crippen LogP contribution in [0.3, 0.4) is 0 Å². The van der Waals surface area contributed by atoms with Gasteiger partial charge in [-0.2, -0.15) is 0 Å². The minimum atomic E-state index is -0.297. The second-order valence-corrected chi connectivity index (χ2v) is 4.08. The minimum absolute atomic E-state index is 0.101. The van der Waals surface area contributed by atoms with Crippen LogP contribution in [0.25, 0.3) is 0 Å². The molecule has 1 aliphatic carbocycles. The van der Waals surface area contributed by atoms with Crippen molar-refractivity contribution >= 4 is 23.6 Å². The Balaban J connectivity index is 0.000000741. The lowest BCUT2D eigenvalue weighted by Crippen LogP contribution is -2.07. The SMILES string of the molecule is CC.CN.COC(=O)c1ccc(C2(C=S)CC2)cc1. The molecule has 1 aliphatic rings. The summed E-state index contributed by atoms with van der Waals surface area (Å²) in [6, 6.07) is 7.50. The number of hydrogen-bond donors (Lipinski definition) is 1. The predicted molar refractivity (Wildman–Crippen MR) is 83.8 cm³/mol. The average molecular weight is 281 g/mol. The summed E-state index contributed by atoms with van der Waals surface area (Å²) >= 11 is 5.02. The molecule has 0 heterocycles. The molecule has 4 heteroatoms. The minimum Gasteiger partial charge on any atom is -0.465 e. The van der Waals surface area contributed by atoms with E-state index in [0.717, 1.165) is 12.8 Å². The first-order valence-electron chi connectivity index (χ1n) is 6.45. The van der Waals surface area contributed by atoms with E-state index >= 15 is 0 Å². The lowest BCUT2D eigenvalue weighted by atomic mass is 9.97. The number of carbonyl (C=O) groups excluding carboxylic acids is 1. The maximum Gasteiger partial charge on any atom is 0.337 e. The van der Waals surface area contributed by atoms with Gasteiger partial charge in [0.05, 0.1) is 12.7 Å². The average Bonchev–Trinajstić information content (AvgIpc) is 3.32. The molecule has 0 aromatic heterocycles. The molecule has 0 atom stereocenters. The van der Waals surface area contributed by atoms with E-state index in [0.29, 0.717) is 5.56 Å². The van der Waals surface area contributed by atoms with Crippen LogP contribution < -0.4 is 5.73 Å². The fourth-order valence-corrected chi connectivity index (χ4v) is 2.04. The van der Waals surface area contributed by atoms with Gasteiger partial charge in [0.2, 0.25) is 0 Å². The zero-order valence-corrected chi connectivity index (χ0v) is 12.9. The molecule has 0 aliphatic heterocycles.